The minimum atomic E-state index is -0.209. The van der Waals surface area contributed by atoms with E-state index in [9.17, 15) is 9.18 Å². The molecule has 2 aromatic carbocycles. The third-order valence-electron chi connectivity index (χ3n) is 6.54. The molecule has 5 rings (SSSR count). The molecular formula is C26H29FN4O. The molecule has 0 spiro atoms. The highest BCUT2D eigenvalue weighted by molar-refractivity contribution is 6.02. The molecule has 0 aliphatic carbocycles. The van der Waals surface area contributed by atoms with Crippen LogP contribution >= 0.6 is 0 Å². The van der Waals surface area contributed by atoms with Gasteiger partial charge in [-0.2, -0.15) is 0 Å². The van der Waals surface area contributed by atoms with Gasteiger partial charge in [0.25, 0.3) is 5.91 Å². The standard InChI is InChI=1S/C26H29FN4O/c27-22-10-8-20(9-11-22)19-29-12-5-15-31(17-16-29)26(32)23-18-21-6-1-2-7-24(21)28-25(23)30-13-3-4-14-30/h1-2,6-11,18H,3-5,12-17,19H2. The lowest BCUT2D eigenvalue weighted by molar-refractivity contribution is 0.0761. The second-order valence-electron chi connectivity index (χ2n) is 8.79. The van der Waals surface area contributed by atoms with Gasteiger partial charge < -0.3 is 9.80 Å². The number of benzene rings is 2. The number of rotatable bonds is 4. The second-order valence-corrected chi connectivity index (χ2v) is 8.79. The summed E-state index contributed by atoms with van der Waals surface area (Å²) in [5.41, 5.74) is 2.76. The summed E-state index contributed by atoms with van der Waals surface area (Å²) in [6.45, 7) is 5.85. The molecule has 0 N–H and O–H groups in total. The summed E-state index contributed by atoms with van der Waals surface area (Å²) in [5.74, 6) is 0.701. The van der Waals surface area contributed by atoms with E-state index in [-0.39, 0.29) is 11.7 Å². The lowest BCUT2D eigenvalue weighted by Crippen LogP contribution is -2.36. The number of aromatic nitrogens is 1. The number of fused-ring (bicyclic) bond motifs is 1. The number of amides is 1. The summed E-state index contributed by atoms with van der Waals surface area (Å²) in [6, 6.07) is 16.8. The maximum Gasteiger partial charge on any atom is 0.257 e. The average Bonchev–Trinajstić information content (AvgIpc) is 3.26. The summed E-state index contributed by atoms with van der Waals surface area (Å²) >= 11 is 0. The van der Waals surface area contributed by atoms with Crippen molar-refractivity contribution >= 4 is 22.6 Å². The number of nitrogens with zero attached hydrogens (tertiary/aromatic N) is 4. The third kappa shape index (κ3) is 4.46. The van der Waals surface area contributed by atoms with Gasteiger partial charge in [0, 0.05) is 51.2 Å². The van der Waals surface area contributed by atoms with Gasteiger partial charge in [-0.05, 0) is 49.1 Å². The van der Waals surface area contributed by atoms with Gasteiger partial charge in [-0.3, -0.25) is 9.69 Å². The fourth-order valence-electron chi connectivity index (χ4n) is 4.78. The smallest absolute Gasteiger partial charge is 0.257 e. The van der Waals surface area contributed by atoms with Crippen molar-refractivity contribution in [2.75, 3.05) is 44.2 Å². The monoisotopic (exact) mass is 432 g/mol. The zero-order chi connectivity index (χ0) is 21.9. The first-order valence-electron chi connectivity index (χ1n) is 11.6. The molecule has 2 saturated heterocycles. The summed E-state index contributed by atoms with van der Waals surface area (Å²) < 4.78 is 13.2. The van der Waals surface area contributed by atoms with Crippen LogP contribution in [0, 0.1) is 5.82 Å². The van der Waals surface area contributed by atoms with Crippen molar-refractivity contribution < 1.29 is 9.18 Å². The predicted molar refractivity (Wildman–Crippen MR) is 125 cm³/mol. The van der Waals surface area contributed by atoms with Gasteiger partial charge in [-0.15, -0.1) is 0 Å². The Morgan fingerprint density at radius 2 is 1.66 bits per heavy atom. The van der Waals surface area contributed by atoms with Crippen LogP contribution in [0.3, 0.4) is 0 Å². The van der Waals surface area contributed by atoms with E-state index in [2.05, 4.69) is 9.80 Å². The molecule has 0 atom stereocenters. The van der Waals surface area contributed by atoms with Gasteiger partial charge in [0.05, 0.1) is 11.1 Å². The molecule has 2 aliphatic rings. The first kappa shape index (κ1) is 20.9. The largest absolute Gasteiger partial charge is 0.356 e. The van der Waals surface area contributed by atoms with E-state index < -0.39 is 0 Å². The van der Waals surface area contributed by atoms with E-state index in [0.717, 1.165) is 86.4 Å². The molecule has 0 unspecified atom stereocenters. The molecule has 166 valence electrons. The van der Waals surface area contributed by atoms with Gasteiger partial charge in [0.2, 0.25) is 0 Å². The van der Waals surface area contributed by atoms with Gasteiger partial charge in [0.1, 0.15) is 11.6 Å². The highest BCUT2D eigenvalue weighted by Gasteiger charge is 2.26. The Morgan fingerprint density at radius 1 is 0.875 bits per heavy atom. The number of carbonyl (C=O) groups is 1. The normalized spacial score (nSPS) is 17.7. The van der Waals surface area contributed by atoms with Gasteiger partial charge in [-0.25, -0.2) is 9.37 Å². The SMILES string of the molecule is O=C(c1cc2ccccc2nc1N1CCCC1)N1CCCN(Cc2ccc(F)cc2)CC1. The number of hydrogen-bond donors (Lipinski definition) is 0. The number of halogens is 1. The Balaban J connectivity index is 1.35. The van der Waals surface area contributed by atoms with Crippen LogP contribution in [-0.2, 0) is 6.54 Å². The van der Waals surface area contributed by atoms with E-state index in [4.69, 9.17) is 4.98 Å². The zero-order valence-corrected chi connectivity index (χ0v) is 18.3. The Hall–Kier alpha value is -2.99. The van der Waals surface area contributed by atoms with E-state index in [0.29, 0.717) is 6.54 Å². The topological polar surface area (TPSA) is 39.7 Å². The molecule has 0 saturated carbocycles. The van der Waals surface area contributed by atoms with Crippen LogP contribution in [0.25, 0.3) is 10.9 Å². The summed E-state index contributed by atoms with van der Waals surface area (Å²) in [7, 11) is 0. The predicted octanol–water partition coefficient (Wildman–Crippen LogP) is 4.32. The van der Waals surface area contributed by atoms with Crippen molar-refractivity contribution in [3.05, 3.63) is 71.5 Å². The molecule has 5 nitrogen and oxygen atoms in total. The highest BCUT2D eigenvalue weighted by Crippen LogP contribution is 2.28. The Bertz CT molecular complexity index is 1090. The minimum Gasteiger partial charge on any atom is -0.356 e. The molecule has 3 heterocycles. The van der Waals surface area contributed by atoms with E-state index in [1.165, 1.54) is 12.1 Å². The second kappa shape index (κ2) is 9.25. The number of para-hydroxylation sites is 1. The van der Waals surface area contributed by atoms with Crippen molar-refractivity contribution in [2.24, 2.45) is 0 Å². The van der Waals surface area contributed by atoms with Crippen LogP contribution in [0.2, 0.25) is 0 Å². The summed E-state index contributed by atoms with van der Waals surface area (Å²) in [5, 5.41) is 1.01. The maximum atomic E-state index is 13.7. The zero-order valence-electron chi connectivity index (χ0n) is 18.3. The number of pyridine rings is 1. The van der Waals surface area contributed by atoms with Crippen molar-refractivity contribution in [1.82, 2.24) is 14.8 Å². The van der Waals surface area contributed by atoms with Crippen LogP contribution in [0.5, 0.6) is 0 Å². The number of hydrogen-bond acceptors (Lipinski definition) is 4. The third-order valence-corrected chi connectivity index (χ3v) is 6.54. The molecule has 32 heavy (non-hydrogen) atoms. The molecule has 2 fully saturated rings. The molecule has 0 radical (unpaired) electrons. The van der Waals surface area contributed by atoms with Gasteiger partial charge in [-0.1, -0.05) is 30.3 Å². The molecule has 2 aliphatic heterocycles. The van der Waals surface area contributed by atoms with Crippen LogP contribution in [0.4, 0.5) is 10.2 Å². The Morgan fingerprint density at radius 3 is 2.47 bits per heavy atom. The molecule has 1 amide bonds. The van der Waals surface area contributed by atoms with Crippen molar-refractivity contribution in [3.63, 3.8) is 0 Å². The molecular weight excluding hydrogens is 403 g/mol. The van der Waals surface area contributed by atoms with Gasteiger partial charge in [0.15, 0.2) is 0 Å². The van der Waals surface area contributed by atoms with Crippen molar-refractivity contribution in [2.45, 2.75) is 25.8 Å². The van der Waals surface area contributed by atoms with Gasteiger partial charge >= 0.3 is 0 Å². The lowest BCUT2D eigenvalue weighted by atomic mass is 10.1. The highest BCUT2D eigenvalue weighted by atomic mass is 19.1. The fraction of sp³-hybridized carbons (Fsp3) is 0.385. The van der Waals surface area contributed by atoms with Crippen LogP contribution in [0.15, 0.2) is 54.6 Å². The van der Waals surface area contributed by atoms with E-state index in [1.807, 2.05) is 47.4 Å². The number of anilines is 1. The molecule has 3 aromatic rings. The van der Waals surface area contributed by atoms with E-state index in [1.54, 1.807) is 0 Å². The fourth-order valence-corrected chi connectivity index (χ4v) is 4.78. The summed E-state index contributed by atoms with van der Waals surface area (Å²) in [6.07, 6.45) is 3.21. The molecule has 1 aromatic heterocycles. The average molecular weight is 433 g/mol. The first-order chi connectivity index (χ1) is 15.7. The van der Waals surface area contributed by atoms with Crippen LogP contribution in [-0.4, -0.2) is 60.0 Å². The maximum absolute atomic E-state index is 13.7. The molecule has 6 heteroatoms. The number of carbonyl (C=O) groups excluding carboxylic acids is 1. The van der Waals surface area contributed by atoms with E-state index >= 15 is 0 Å². The quantitative estimate of drug-likeness (QED) is 0.616. The van der Waals surface area contributed by atoms with Crippen molar-refractivity contribution in [1.29, 1.82) is 0 Å². The van der Waals surface area contributed by atoms with Crippen molar-refractivity contribution in [3.8, 4) is 0 Å². The van der Waals surface area contributed by atoms with Crippen LogP contribution < -0.4 is 4.90 Å². The summed E-state index contributed by atoms with van der Waals surface area (Å²) in [4.78, 5) is 25.2. The lowest BCUT2D eigenvalue weighted by Gasteiger charge is -2.25. The Kier molecular flexibility index (Phi) is 6.04. The first-order valence-corrected chi connectivity index (χ1v) is 11.6. The Labute approximate surface area is 188 Å². The molecule has 0 bridgehead atoms. The minimum absolute atomic E-state index is 0.0776. The van der Waals surface area contributed by atoms with Crippen LogP contribution in [0.1, 0.15) is 35.2 Å².